The lowest BCUT2D eigenvalue weighted by Gasteiger charge is -2.32. The van der Waals surface area contributed by atoms with E-state index >= 15 is 0 Å². The summed E-state index contributed by atoms with van der Waals surface area (Å²) >= 11 is 0. The maximum atomic E-state index is 12.1. The first-order chi connectivity index (χ1) is 10.3. The smallest absolute Gasteiger partial charge is 0.410 e. The molecular weight excluding hydrogens is 278 g/mol. The highest BCUT2D eigenvalue weighted by Gasteiger charge is 2.26. The van der Waals surface area contributed by atoms with Gasteiger partial charge in [-0.15, -0.1) is 0 Å². The Hall–Kier alpha value is -2.22. The molecule has 1 aromatic heterocycles. The van der Waals surface area contributed by atoms with Gasteiger partial charge in [0.05, 0.1) is 17.4 Å². The fourth-order valence-electron chi connectivity index (χ4n) is 2.29. The maximum absolute atomic E-state index is 12.1. The minimum absolute atomic E-state index is 0.147. The minimum Gasteiger partial charge on any atom is -0.444 e. The zero-order chi connectivity index (χ0) is 16.2. The fraction of sp³-hybridized carbons (Fsp3) is 0.529. The summed E-state index contributed by atoms with van der Waals surface area (Å²) in [4.78, 5) is 17.8. The summed E-state index contributed by atoms with van der Waals surface area (Å²) in [7, 11) is 0. The second-order valence-electron chi connectivity index (χ2n) is 6.50. The average Bonchev–Trinajstić information content (AvgIpc) is 2.45. The Morgan fingerprint density at radius 3 is 2.95 bits per heavy atom. The van der Waals surface area contributed by atoms with E-state index in [1.807, 2.05) is 20.8 Å². The average molecular weight is 301 g/mol. The lowest BCUT2D eigenvalue weighted by Crippen LogP contribution is -2.42. The van der Waals surface area contributed by atoms with Crippen molar-refractivity contribution >= 4 is 11.8 Å². The lowest BCUT2D eigenvalue weighted by atomic mass is 9.98. The molecule has 0 aliphatic carbocycles. The van der Waals surface area contributed by atoms with E-state index < -0.39 is 5.60 Å². The highest BCUT2D eigenvalue weighted by Crippen LogP contribution is 2.19. The Balaban J connectivity index is 2.00. The molecule has 22 heavy (non-hydrogen) atoms. The molecule has 2 heterocycles. The first-order valence-corrected chi connectivity index (χ1v) is 7.54. The van der Waals surface area contributed by atoms with Crippen molar-refractivity contribution in [2.24, 2.45) is 5.92 Å². The number of rotatable bonds is 0. The molecule has 118 valence electrons. The van der Waals surface area contributed by atoms with Gasteiger partial charge in [0.15, 0.2) is 0 Å². The SMILES string of the molecule is CC(C)(C)OC(=O)N1CCCC(C#Cc2ccncc2N)C1. The zero-order valence-electron chi connectivity index (χ0n) is 13.4. The summed E-state index contributed by atoms with van der Waals surface area (Å²) in [6, 6.07) is 1.80. The van der Waals surface area contributed by atoms with Crippen LogP contribution in [-0.2, 0) is 4.74 Å². The summed E-state index contributed by atoms with van der Waals surface area (Å²) in [6.07, 6.45) is 4.93. The van der Waals surface area contributed by atoms with Crippen LogP contribution in [0.1, 0.15) is 39.2 Å². The molecule has 0 spiro atoms. The van der Waals surface area contributed by atoms with E-state index in [1.54, 1.807) is 23.4 Å². The van der Waals surface area contributed by atoms with E-state index in [1.165, 1.54) is 0 Å². The Labute approximate surface area is 131 Å². The number of amides is 1. The van der Waals surface area contributed by atoms with E-state index in [4.69, 9.17) is 10.5 Å². The number of nitrogen functional groups attached to an aromatic ring is 1. The Morgan fingerprint density at radius 2 is 2.27 bits per heavy atom. The summed E-state index contributed by atoms with van der Waals surface area (Å²) < 4.78 is 5.42. The van der Waals surface area contributed by atoms with Gasteiger partial charge in [0.25, 0.3) is 0 Å². The van der Waals surface area contributed by atoms with Crippen molar-refractivity contribution in [3.8, 4) is 11.8 Å². The standard InChI is InChI=1S/C17H23N3O2/c1-17(2,3)22-16(21)20-10-4-5-13(12-20)6-7-14-8-9-19-11-15(14)18/h8-9,11,13H,4-5,10,12,18H2,1-3H3. The largest absolute Gasteiger partial charge is 0.444 e. The van der Waals surface area contributed by atoms with Crippen LogP contribution in [0.25, 0.3) is 0 Å². The van der Waals surface area contributed by atoms with Gasteiger partial charge in [-0.05, 0) is 39.7 Å². The van der Waals surface area contributed by atoms with Gasteiger partial charge < -0.3 is 15.4 Å². The van der Waals surface area contributed by atoms with Crippen LogP contribution < -0.4 is 5.73 Å². The molecule has 2 N–H and O–H groups in total. The quantitative estimate of drug-likeness (QED) is 0.748. The minimum atomic E-state index is -0.471. The van der Waals surface area contributed by atoms with Crippen LogP contribution in [0.5, 0.6) is 0 Å². The first-order valence-electron chi connectivity index (χ1n) is 7.54. The van der Waals surface area contributed by atoms with Crippen molar-refractivity contribution in [3.63, 3.8) is 0 Å². The number of hydrogen-bond donors (Lipinski definition) is 1. The second kappa shape index (κ2) is 6.69. The number of nitrogens with two attached hydrogens (primary N) is 1. The monoisotopic (exact) mass is 301 g/mol. The molecule has 1 aliphatic rings. The molecule has 1 aromatic rings. The zero-order valence-corrected chi connectivity index (χ0v) is 13.4. The molecular formula is C17H23N3O2. The van der Waals surface area contributed by atoms with Crippen molar-refractivity contribution in [3.05, 3.63) is 24.0 Å². The number of nitrogens with zero attached hydrogens (tertiary/aromatic N) is 2. The van der Waals surface area contributed by atoms with Crippen molar-refractivity contribution in [2.75, 3.05) is 18.8 Å². The molecule has 0 bridgehead atoms. The number of anilines is 1. The molecule has 1 aliphatic heterocycles. The molecule has 0 radical (unpaired) electrons. The third kappa shape index (κ3) is 4.66. The van der Waals surface area contributed by atoms with Crippen LogP contribution in [0.4, 0.5) is 10.5 Å². The van der Waals surface area contributed by atoms with Crippen molar-refractivity contribution < 1.29 is 9.53 Å². The normalized spacial score (nSPS) is 18.3. The van der Waals surface area contributed by atoms with Gasteiger partial charge in [-0.1, -0.05) is 11.8 Å². The van der Waals surface area contributed by atoms with Crippen molar-refractivity contribution in [1.82, 2.24) is 9.88 Å². The van der Waals surface area contributed by atoms with E-state index in [2.05, 4.69) is 16.8 Å². The van der Waals surface area contributed by atoms with E-state index in [9.17, 15) is 4.79 Å². The van der Waals surface area contributed by atoms with Crippen LogP contribution in [0.15, 0.2) is 18.5 Å². The molecule has 0 saturated carbocycles. The van der Waals surface area contributed by atoms with Gasteiger partial charge >= 0.3 is 6.09 Å². The molecule has 2 rings (SSSR count). The third-order valence-electron chi connectivity index (χ3n) is 3.34. The van der Waals surface area contributed by atoms with Crippen LogP contribution in [-0.4, -0.2) is 34.7 Å². The molecule has 1 atom stereocenters. The highest BCUT2D eigenvalue weighted by molar-refractivity contribution is 5.68. The lowest BCUT2D eigenvalue weighted by molar-refractivity contribution is 0.0190. The molecule has 1 unspecified atom stereocenters. The summed E-state index contributed by atoms with van der Waals surface area (Å²) in [6.45, 7) is 6.95. The second-order valence-corrected chi connectivity index (χ2v) is 6.50. The topological polar surface area (TPSA) is 68.5 Å². The number of hydrogen-bond acceptors (Lipinski definition) is 4. The number of carbonyl (C=O) groups excluding carboxylic acids is 1. The number of ether oxygens (including phenoxy) is 1. The number of aromatic nitrogens is 1. The molecule has 5 nitrogen and oxygen atoms in total. The maximum Gasteiger partial charge on any atom is 0.410 e. The van der Waals surface area contributed by atoms with E-state index in [0.717, 1.165) is 24.9 Å². The van der Waals surface area contributed by atoms with Gasteiger partial charge in [-0.25, -0.2) is 4.79 Å². The first kappa shape index (κ1) is 16.2. The number of likely N-dealkylation sites (tertiary alicyclic amines) is 1. The van der Waals surface area contributed by atoms with Crippen LogP contribution in [0.2, 0.25) is 0 Å². The molecule has 1 fully saturated rings. The van der Waals surface area contributed by atoms with Gasteiger partial charge in [0.2, 0.25) is 0 Å². The predicted molar refractivity (Wildman–Crippen MR) is 86.1 cm³/mol. The molecule has 0 aromatic carbocycles. The Morgan fingerprint density at radius 1 is 1.50 bits per heavy atom. The molecule has 1 saturated heterocycles. The van der Waals surface area contributed by atoms with Gasteiger partial charge in [0, 0.05) is 25.2 Å². The van der Waals surface area contributed by atoms with Gasteiger partial charge in [-0.2, -0.15) is 0 Å². The van der Waals surface area contributed by atoms with E-state index in [-0.39, 0.29) is 12.0 Å². The van der Waals surface area contributed by atoms with Gasteiger partial charge in [-0.3, -0.25) is 4.98 Å². The Kier molecular flexibility index (Phi) is 4.92. The van der Waals surface area contributed by atoms with Crippen molar-refractivity contribution in [1.29, 1.82) is 0 Å². The van der Waals surface area contributed by atoms with Crippen LogP contribution in [0, 0.1) is 17.8 Å². The van der Waals surface area contributed by atoms with Crippen molar-refractivity contribution in [2.45, 2.75) is 39.2 Å². The third-order valence-corrected chi connectivity index (χ3v) is 3.34. The summed E-state index contributed by atoms with van der Waals surface area (Å²) in [5.74, 6) is 6.46. The Bertz CT molecular complexity index is 596. The van der Waals surface area contributed by atoms with Crippen LogP contribution >= 0.6 is 0 Å². The summed E-state index contributed by atoms with van der Waals surface area (Å²) in [5, 5.41) is 0. The molecule has 5 heteroatoms. The summed E-state index contributed by atoms with van der Waals surface area (Å²) in [5.41, 5.74) is 6.72. The van der Waals surface area contributed by atoms with Gasteiger partial charge in [0.1, 0.15) is 5.60 Å². The number of carbonyl (C=O) groups is 1. The number of piperidine rings is 1. The fourth-order valence-corrected chi connectivity index (χ4v) is 2.29. The molecule has 1 amide bonds. The van der Waals surface area contributed by atoms with E-state index in [0.29, 0.717) is 12.2 Å². The number of pyridine rings is 1. The highest BCUT2D eigenvalue weighted by atomic mass is 16.6. The van der Waals surface area contributed by atoms with Crippen LogP contribution in [0.3, 0.4) is 0 Å². The predicted octanol–water partition coefficient (Wildman–Crippen LogP) is 2.66.